The van der Waals surface area contributed by atoms with E-state index < -0.39 is 11.9 Å². The van der Waals surface area contributed by atoms with Crippen LogP contribution in [0.3, 0.4) is 0 Å². The van der Waals surface area contributed by atoms with Gasteiger partial charge in [0, 0.05) is 18.3 Å². The maximum absolute atomic E-state index is 10.9. The summed E-state index contributed by atoms with van der Waals surface area (Å²) in [5.74, 6) is -0.446. The van der Waals surface area contributed by atoms with Crippen LogP contribution in [-0.4, -0.2) is 24.7 Å². The first-order chi connectivity index (χ1) is 7.22. The number of hydrogen-bond acceptors (Lipinski definition) is 3. The summed E-state index contributed by atoms with van der Waals surface area (Å²) in [6.07, 6.45) is 0.529. The van der Waals surface area contributed by atoms with Gasteiger partial charge in [0.05, 0.1) is 5.92 Å². The molecule has 1 aliphatic heterocycles. The lowest BCUT2D eigenvalue weighted by Crippen LogP contribution is -2.28. The number of carbonyl (C=O) groups is 1. The maximum atomic E-state index is 10.9. The van der Waals surface area contributed by atoms with E-state index in [4.69, 9.17) is 9.84 Å². The quantitative estimate of drug-likeness (QED) is 0.768. The van der Waals surface area contributed by atoms with E-state index in [1.807, 2.05) is 25.2 Å². The van der Waals surface area contributed by atoms with Gasteiger partial charge in [-0.2, -0.15) is 0 Å². The number of rotatable bonds is 2. The van der Waals surface area contributed by atoms with Crippen molar-refractivity contribution < 1.29 is 14.6 Å². The minimum Gasteiger partial charge on any atom is -0.492 e. The zero-order valence-corrected chi connectivity index (χ0v) is 8.49. The van der Waals surface area contributed by atoms with Gasteiger partial charge in [0.1, 0.15) is 12.4 Å². The number of fused-ring (bicyclic) bond motifs is 1. The van der Waals surface area contributed by atoms with Crippen molar-refractivity contribution in [3.05, 3.63) is 23.8 Å². The largest absolute Gasteiger partial charge is 0.492 e. The Hall–Kier alpha value is -1.71. The summed E-state index contributed by atoms with van der Waals surface area (Å²) in [7, 11) is 1.82. The number of aliphatic carboxylic acids is 1. The van der Waals surface area contributed by atoms with E-state index in [-0.39, 0.29) is 6.61 Å². The van der Waals surface area contributed by atoms with Crippen molar-refractivity contribution in [1.29, 1.82) is 0 Å². The summed E-state index contributed by atoms with van der Waals surface area (Å²) >= 11 is 0. The van der Waals surface area contributed by atoms with E-state index in [0.717, 1.165) is 17.0 Å². The summed E-state index contributed by atoms with van der Waals surface area (Å²) in [6, 6.07) is 5.69. The number of nitrogens with one attached hydrogen (secondary N) is 1. The molecule has 0 saturated carbocycles. The highest BCUT2D eigenvalue weighted by atomic mass is 16.5. The van der Waals surface area contributed by atoms with Crippen molar-refractivity contribution >= 4 is 11.7 Å². The average Bonchev–Trinajstić information content (AvgIpc) is 2.27. The number of anilines is 1. The fourth-order valence-corrected chi connectivity index (χ4v) is 1.80. The number of hydrogen-bond donors (Lipinski definition) is 2. The van der Waals surface area contributed by atoms with E-state index in [2.05, 4.69) is 5.32 Å². The van der Waals surface area contributed by atoms with Crippen molar-refractivity contribution in [3.8, 4) is 5.75 Å². The van der Waals surface area contributed by atoms with Gasteiger partial charge in [-0.25, -0.2) is 0 Å². The van der Waals surface area contributed by atoms with E-state index in [0.29, 0.717) is 6.42 Å². The van der Waals surface area contributed by atoms with Gasteiger partial charge in [0.25, 0.3) is 0 Å². The highest BCUT2D eigenvalue weighted by Gasteiger charge is 2.26. The van der Waals surface area contributed by atoms with E-state index in [1.54, 1.807) is 0 Å². The van der Waals surface area contributed by atoms with Crippen LogP contribution in [0.15, 0.2) is 18.2 Å². The van der Waals surface area contributed by atoms with Crippen LogP contribution < -0.4 is 10.1 Å². The third kappa shape index (κ3) is 1.75. The van der Waals surface area contributed by atoms with Crippen molar-refractivity contribution in [2.75, 3.05) is 19.0 Å². The van der Waals surface area contributed by atoms with Crippen molar-refractivity contribution in [3.63, 3.8) is 0 Å². The normalized spacial score (nSPS) is 18.9. The van der Waals surface area contributed by atoms with Crippen LogP contribution in [0.5, 0.6) is 5.75 Å². The molecule has 1 aromatic carbocycles. The summed E-state index contributed by atoms with van der Waals surface area (Å²) in [5, 5.41) is 12.0. The lowest BCUT2D eigenvalue weighted by molar-refractivity contribution is -0.143. The number of benzene rings is 1. The minimum absolute atomic E-state index is 0.259. The van der Waals surface area contributed by atoms with Crippen LogP contribution in [0.2, 0.25) is 0 Å². The minimum atomic E-state index is -0.799. The van der Waals surface area contributed by atoms with Gasteiger partial charge in [0.15, 0.2) is 0 Å². The summed E-state index contributed by atoms with van der Waals surface area (Å²) in [5.41, 5.74) is 1.90. The molecule has 80 valence electrons. The SMILES string of the molecule is CNc1cccc2c1CC(C(=O)O)CO2. The van der Waals surface area contributed by atoms with Gasteiger partial charge in [-0.1, -0.05) is 6.07 Å². The molecule has 0 amide bonds. The van der Waals surface area contributed by atoms with Crippen LogP contribution in [0.1, 0.15) is 5.56 Å². The Kier molecular flexibility index (Phi) is 2.49. The lowest BCUT2D eigenvalue weighted by Gasteiger charge is -2.24. The molecule has 0 radical (unpaired) electrons. The second-order valence-electron chi connectivity index (χ2n) is 3.58. The Morgan fingerprint density at radius 2 is 2.40 bits per heavy atom. The molecule has 1 atom stereocenters. The monoisotopic (exact) mass is 207 g/mol. The first kappa shape index (κ1) is 9.83. The number of ether oxygens (including phenoxy) is 1. The molecule has 0 aliphatic carbocycles. The zero-order valence-electron chi connectivity index (χ0n) is 8.49. The van der Waals surface area contributed by atoms with Gasteiger partial charge in [0.2, 0.25) is 0 Å². The van der Waals surface area contributed by atoms with E-state index in [1.165, 1.54) is 0 Å². The fourth-order valence-electron chi connectivity index (χ4n) is 1.80. The first-order valence-electron chi connectivity index (χ1n) is 4.87. The first-order valence-corrected chi connectivity index (χ1v) is 4.87. The molecule has 0 aromatic heterocycles. The Bertz CT molecular complexity index is 375. The molecule has 4 heteroatoms. The van der Waals surface area contributed by atoms with Crippen LogP contribution in [-0.2, 0) is 11.2 Å². The van der Waals surface area contributed by atoms with Crippen LogP contribution in [0.4, 0.5) is 5.69 Å². The van der Waals surface area contributed by atoms with Crippen molar-refractivity contribution in [2.24, 2.45) is 5.92 Å². The molecule has 15 heavy (non-hydrogen) atoms. The standard InChI is InChI=1S/C11H13NO3/c1-12-9-3-2-4-10-8(9)5-7(6-15-10)11(13)14/h2-4,7,12H,5-6H2,1H3,(H,13,14). The molecule has 0 spiro atoms. The smallest absolute Gasteiger partial charge is 0.310 e. The van der Waals surface area contributed by atoms with Crippen LogP contribution >= 0.6 is 0 Å². The van der Waals surface area contributed by atoms with Crippen molar-refractivity contribution in [2.45, 2.75) is 6.42 Å². The average molecular weight is 207 g/mol. The third-order valence-corrected chi connectivity index (χ3v) is 2.64. The second kappa shape index (κ2) is 3.81. The lowest BCUT2D eigenvalue weighted by atomic mass is 9.95. The molecule has 1 aromatic rings. The van der Waals surface area contributed by atoms with Gasteiger partial charge in [-0.05, 0) is 18.6 Å². The zero-order chi connectivity index (χ0) is 10.8. The predicted molar refractivity (Wildman–Crippen MR) is 56.3 cm³/mol. The van der Waals surface area contributed by atoms with Crippen molar-refractivity contribution in [1.82, 2.24) is 0 Å². The molecular formula is C11H13NO3. The molecule has 1 unspecified atom stereocenters. The topological polar surface area (TPSA) is 58.6 Å². The molecule has 2 rings (SSSR count). The molecule has 4 nitrogen and oxygen atoms in total. The molecule has 1 aliphatic rings. The van der Waals surface area contributed by atoms with Gasteiger partial charge in [-0.3, -0.25) is 4.79 Å². The maximum Gasteiger partial charge on any atom is 0.310 e. The highest BCUT2D eigenvalue weighted by molar-refractivity contribution is 5.72. The van der Waals surface area contributed by atoms with Gasteiger partial charge in [-0.15, -0.1) is 0 Å². The third-order valence-electron chi connectivity index (χ3n) is 2.64. The number of carboxylic acid groups (broad SMARTS) is 1. The number of carboxylic acids is 1. The molecule has 2 N–H and O–H groups in total. The summed E-state index contributed by atoms with van der Waals surface area (Å²) < 4.78 is 5.42. The molecular weight excluding hydrogens is 194 g/mol. The Morgan fingerprint density at radius 1 is 1.60 bits per heavy atom. The van der Waals surface area contributed by atoms with E-state index in [9.17, 15) is 4.79 Å². The van der Waals surface area contributed by atoms with Crippen LogP contribution in [0, 0.1) is 5.92 Å². The highest BCUT2D eigenvalue weighted by Crippen LogP contribution is 2.32. The van der Waals surface area contributed by atoms with E-state index >= 15 is 0 Å². The predicted octanol–water partition coefficient (Wildman–Crippen LogP) is 1.36. The molecule has 0 bridgehead atoms. The molecule has 0 saturated heterocycles. The fraction of sp³-hybridized carbons (Fsp3) is 0.364. The summed E-state index contributed by atoms with van der Waals surface area (Å²) in [6.45, 7) is 0.259. The molecule has 1 heterocycles. The Labute approximate surface area is 87.9 Å². The Balaban J connectivity index is 2.34. The Morgan fingerprint density at radius 3 is 3.07 bits per heavy atom. The molecule has 0 fully saturated rings. The summed E-state index contributed by atoms with van der Waals surface area (Å²) in [4.78, 5) is 10.9. The second-order valence-corrected chi connectivity index (χ2v) is 3.58. The van der Waals surface area contributed by atoms with Crippen LogP contribution in [0.25, 0.3) is 0 Å². The van der Waals surface area contributed by atoms with Gasteiger partial charge < -0.3 is 15.2 Å². The van der Waals surface area contributed by atoms with Gasteiger partial charge >= 0.3 is 5.97 Å².